The molecule has 1 aromatic carbocycles. The Labute approximate surface area is 133 Å². The molecule has 1 aromatic rings. The smallest absolute Gasteiger partial charge is 0.287 e. The average Bonchev–Trinajstić information content (AvgIpc) is 2.71. The maximum Gasteiger partial charge on any atom is 0.287 e. The Hall–Kier alpha value is -1.14. The Bertz CT molecular complexity index is 454. The van der Waals surface area contributed by atoms with E-state index in [0.29, 0.717) is 29.8 Å². The van der Waals surface area contributed by atoms with Crippen LogP contribution in [0.1, 0.15) is 6.92 Å². The van der Waals surface area contributed by atoms with E-state index in [1.54, 1.807) is 12.1 Å². The van der Waals surface area contributed by atoms with Crippen LogP contribution in [0.25, 0.3) is 0 Å². The van der Waals surface area contributed by atoms with Crippen molar-refractivity contribution in [2.24, 2.45) is 0 Å². The molecule has 1 unspecified atom stereocenters. The molecule has 0 radical (unpaired) electrons. The topological polar surface area (TPSA) is 67.4 Å². The van der Waals surface area contributed by atoms with Gasteiger partial charge in [-0.15, -0.1) is 0 Å². The Balaban J connectivity index is 0.000000235. The van der Waals surface area contributed by atoms with Gasteiger partial charge in [0.2, 0.25) is 5.78 Å². The summed E-state index contributed by atoms with van der Waals surface area (Å²) in [6.45, 7) is 3.80. The first kappa shape index (κ1) is 17.9. The lowest BCUT2D eigenvalue weighted by atomic mass is 10.3. The van der Waals surface area contributed by atoms with Crippen molar-refractivity contribution in [1.29, 1.82) is 0 Å². The van der Waals surface area contributed by atoms with Gasteiger partial charge >= 0.3 is 0 Å². The number of ether oxygens (including phenoxy) is 1. The SMILES string of the molecule is CC(=O)C(=O)NC1CNCCOC1.Clc1ccccc1Cl. The zero-order valence-electron chi connectivity index (χ0n) is 11.7. The van der Waals surface area contributed by atoms with Crippen LogP contribution in [-0.4, -0.2) is 44.0 Å². The molecule has 1 aliphatic rings. The van der Waals surface area contributed by atoms with E-state index in [1.165, 1.54) is 6.92 Å². The van der Waals surface area contributed by atoms with Crippen molar-refractivity contribution in [3.8, 4) is 0 Å². The van der Waals surface area contributed by atoms with Crippen LogP contribution in [0.15, 0.2) is 24.3 Å². The molecule has 1 saturated heterocycles. The molecule has 0 spiro atoms. The maximum absolute atomic E-state index is 11.0. The highest BCUT2D eigenvalue weighted by Gasteiger charge is 2.16. The van der Waals surface area contributed by atoms with Gasteiger partial charge in [0, 0.05) is 20.0 Å². The zero-order valence-corrected chi connectivity index (χ0v) is 13.2. The number of halogens is 2. The Morgan fingerprint density at radius 1 is 1.29 bits per heavy atom. The van der Waals surface area contributed by atoms with Gasteiger partial charge in [-0.3, -0.25) is 9.59 Å². The minimum atomic E-state index is -0.544. The standard InChI is InChI=1S/C8H14N2O3.C6H4Cl2/c1-6(11)8(12)10-7-4-9-2-3-13-5-7;7-5-3-1-2-4-6(5)8/h7,9H,2-5H2,1H3,(H,10,12);1-4H. The van der Waals surface area contributed by atoms with Gasteiger partial charge in [-0.25, -0.2) is 0 Å². The Morgan fingerprint density at radius 3 is 2.43 bits per heavy atom. The monoisotopic (exact) mass is 332 g/mol. The number of nitrogens with one attached hydrogen (secondary N) is 2. The molecule has 1 atom stereocenters. The fourth-order valence-corrected chi connectivity index (χ4v) is 1.80. The first-order chi connectivity index (χ1) is 10.0. The lowest BCUT2D eigenvalue weighted by molar-refractivity contribution is -0.137. The second-order valence-electron chi connectivity index (χ2n) is 4.42. The second-order valence-corrected chi connectivity index (χ2v) is 5.23. The zero-order chi connectivity index (χ0) is 15.7. The second kappa shape index (κ2) is 9.73. The summed E-state index contributed by atoms with van der Waals surface area (Å²) >= 11 is 11.2. The van der Waals surface area contributed by atoms with Crippen LogP contribution in [-0.2, 0) is 14.3 Å². The molecule has 0 bridgehead atoms. The lowest BCUT2D eigenvalue weighted by Gasteiger charge is -2.14. The number of ketones is 1. The predicted octanol–water partition coefficient (Wildman–Crippen LogP) is 1.67. The van der Waals surface area contributed by atoms with Crippen molar-refractivity contribution in [3.63, 3.8) is 0 Å². The molecule has 116 valence electrons. The van der Waals surface area contributed by atoms with E-state index in [2.05, 4.69) is 10.6 Å². The van der Waals surface area contributed by atoms with Crippen molar-refractivity contribution in [3.05, 3.63) is 34.3 Å². The highest BCUT2D eigenvalue weighted by atomic mass is 35.5. The van der Waals surface area contributed by atoms with Gasteiger partial charge in [0.25, 0.3) is 5.91 Å². The van der Waals surface area contributed by atoms with Crippen LogP contribution in [0.4, 0.5) is 0 Å². The third-order valence-corrected chi connectivity index (χ3v) is 3.37. The molecule has 2 N–H and O–H groups in total. The van der Waals surface area contributed by atoms with E-state index in [0.717, 1.165) is 6.54 Å². The molecule has 21 heavy (non-hydrogen) atoms. The first-order valence-corrected chi connectivity index (χ1v) is 7.26. The van der Waals surface area contributed by atoms with E-state index in [1.807, 2.05) is 12.1 Å². The summed E-state index contributed by atoms with van der Waals surface area (Å²) in [6.07, 6.45) is 0. The number of rotatable bonds is 2. The number of hydrogen-bond donors (Lipinski definition) is 2. The number of Topliss-reactive ketones (excluding diaryl/α,β-unsaturated/α-hetero) is 1. The molecule has 2 rings (SSSR count). The van der Waals surface area contributed by atoms with Gasteiger partial charge < -0.3 is 15.4 Å². The van der Waals surface area contributed by atoms with Gasteiger partial charge in [0.05, 0.1) is 29.3 Å². The minimum Gasteiger partial charge on any atom is -0.378 e. The van der Waals surface area contributed by atoms with Crippen molar-refractivity contribution in [2.45, 2.75) is 13.0 Å². The molecule has 1 heterocycles. The molecule has 0 aliphatic carbocycles. The molecule has 1 amide bonds. The predicted molar refractivity (Wildman–Crippen MR) is 82.8 cm³/mol. The summed E-state index contributed by atoms with van der Waals surface area (Å²) < 4.78 is 5.20. The molecule has 7 heteroatoms. The van der Waals surface area contributed by atoms with Crippen LogP contribution < -0.4 is 10.6 Å². The van der Waals surface area contributed by atoms with Crippen molar-refractivity contribution < 1.29 is 14.3 Å². The van der Waals surface area contributed by atoms with Crippen LogP contribution in [0.2, 0.25) is 10.0 Å². The quantitative estimate of drug-likeness (QED) is 0.808. The fourth-order valence-electron chi connectivity index (χ4n) is 1.52. The number of benzene rings is 1. The van der Waals surface area contributed by atoms with Crippen LogP contribution in [0.5, 0.6) is 0 Å². The molecule has 0 aromatic heterocycles. The summed E-state index contributed by atoms with van der Waals surface area (Å²) in [5.41, 5.74) is 0. The van der Waals surface area contributed by atoms with E-state index >= 15 is 0 Å². The van der Waals surface area contributed by atoms with Crippen molar-refractivity contribution in [2.75, 3.05) is 26.3 Å². The lowest BCUT2D eigenvalue weighted by Crippen LogP contribution is -2.45. The largest absolute Gasteiger partial charge is 0.378 e. The summed E-state index contributed by atoms with van der Waals surface area (Å²) in [5, 5.41) is 6.88. The molecule has 5 nitrogen and oxygen atoms in total. The summed E-state index contributed by atoms with van der Waals surface area (Å²) in [6, 6.07) is 7.09. The van der Waals surface area contributed by atoms with Crippen LogP contribution >= 0.6 is 23.2 Å². The van der Waals surface area contributed by atoms with Crippen molar-refractivity contribution in [1.82, 2.24) is 10.6 Å². The van der Waals surface area contributed by atoms with E-state index in [-0.39, 0.29) is 6.04 Å². The molecule has 0 saturated carbocycles. The number of hydrogen-bond acceptors (Lipinski definition) is 4. The number of carbonyl (C=O) groups excluding carboxylic acids is 2. The maximum atomic E-state index is 11.0. The fraction of sp³-hybridized carbons (Fsp3) is 0.429. The highest BCUT2D eigenvalue weighted by Crippen LogP contribution is 2.19. The normalized spacial score (nSPS) is 18.0. The highest BCUT2D eigenvalue weighted by molar-refractivity contribution is 6.41. The van der Waals surface area contributed by atoms with Crippen LogP contribution in [0, 0.1) is 0 Å². The van der Waals surface area contributed by atoms with E-state index in [9.17, 15) is 9.59 Å². The summed E-state index contributed by atoms with van der Waals surface area (Å²) in [7, 11) is 0. The van der Waals surface area contributed by atoms with Crippen molar-refractivity contribution >= 4 is 34.9 Å². The van der Waals surface area contributed by atoms with Gasteiger partial charge in [-0.05, 0) is 12.1 Å². The Kier molecular flexibility index (Phi) is 8.30. The van der Waals surface area contributed by atoms with E-state index < -0.39 is 11.7 Å². The molecular formula is C14H18Cl2N2O3. The molecule has 1 fully saturated rings. The third-order valence-electron chi connectivity index (χ3n) is 2.61. The summed E-state index contributed by atoms with van der Waals surface area (Å²) in [4.78, 5) is 21.6. The molecule has 1 aliphatic heterocycles. The first-order valence-electron chi connectivity index (χ1n) is 6.50. The average molecular weight is 333 g/mol. The molecular weight excluding hydrogens is 315 g/mol. The van der Waals surface area contributed by atoms with Gasteiger partial charge in [-0.2, -0.15) is 0 Å². The van der Waals surface area contributed by atoms with Gasteiger partial charge in [0.1, 0.15) is 0 Å². The van der Waals surface area contributed by atoms with Gasteiger partial charge in [0.15, 0.2) is 0 Å². The Morgan fingerprint density at radius 2 is 1.90 bits per heavy atom. The van der Waals surface area contributed by atoms with E-state index in [4.69, 9.17) is 27.9 Å². The van der Waals surface area contributed by atoms with Gasteiger partial charge in [-0.1, -0.05) is 35.3 Å². The summed E-state index contributed by atoms with van der Waals surface area (Å²) in [5.74, 6) is -1.01. The minimum absolute atomic E-state index is 0.0982. The third kappa shape index (κ3) is 7.43. The number of amides is 1. The van der Waals surface area contributed by atoms with Crippen LogP contribution in [0.3, 0.4) is 0 Å². The number of carbonyl (C=O) groups is 2.